The summed E-state index contributed by atoms with van der Waals surface area (Å²) in [4.78, 5) is 17.5. The van der Waals surface area contributed by atoms with E-state index in [1.165, 1.54) is 0 Å². The van der Waals surface area contributed by atoms with Crippen LogP contribution in [0, 0.1) is 5.82 Å². The summed E-state index contributed by atoms with van der Waals surface area (Å²) in [6.45, 7) is 0. The minimum Gasteiger partial charge on any atom is -0.478 e. The van der Waals surface area contributed by atoms with Crippen molar-refractivity contribution < 1.29 is 27.5 Å². The molecule has 0 aliphatic rings. The first kappa shape index (κ1) is 13.7. The van der Waals surface area contributed by atoms with E-state index in [4.69, 9.17) is 10.8 Å². The number of nitrogen functional groups attached to an aromatic ring is 1. The van der Waals surface area contributed by atoms with Gasteiger partial charge < -0.3 is 10.8 Å². The maximum atomic E-state index is 12.9. The lowest BCUT2D eigenvalue weighted by Crippen LogP contribution is -2.12. The number of hydrogen-bond donors (Lipinski definition) is 2. The Morgan fingerprint density at radius 1 is 1.40 bits per heavy atom. The highest BCUT2D eigenvalue weighted by atomic mass is 19.4. The van der Waals surface area contributed by atoms with Gasteiger partial charge in [0.2, 0.25) is 0 Å². The van der Waals surface area contributed by atoms with Crippen molar-refractivity contribution in [2.45, 2.75) is 6.18 Å². The average molecular weight is 291 g/mol. The molecule has 0 aliphatic heterocycles. The van der Waals surface area contributed by atoms with Crippen LogP contribution in [0.1, 0.15) is 16.1 Å². The van der Waals surface area contributed by atoms with Crippen LogP contribution in [-0.4, -0.2) is 30.8 Å². The summed E-state index contributed by atoms with van der Waals surface area (Å²) in [5.74, 6) is -3.87. The van der Waals surface area contributed by atoms with E-state index in [1.807, 2.05) is 0 Å². The van der Waals surface area contributed by atoms with Gasteiger partial charge in [-0.1, -0.05) is 0 Å². The van der Waals surface area contributed by atoms with Crippen molar-refractivity contribution in [1.29, 1.82) is 0 Å². The monoisotopic (exact) mass is 291 g/mol. The van der Waals surface area contributed by atoms with Gasteiger partial charge in [0.25, 0.3) is 5.95 Å². The summed E-state index contributed by atoms with van der Waals surface area (Å²) in [5, 5.41) is 11.8. The zero-order chi connectivity index (χ0) is 15.1. The summed E-state index contributed by atoms with van der Waals surface area (Å²) in [6, 6.07) is 0. The van der Waals surface area contributed by atoms with E-state index in [9.17, 15) is 22.4 Å². The number of carboxylic acid groups (broad SMARTS) is 1. The lowest BCUT2D eigenvalue weighted by molar-refractivity contribution is -0.141. The maximum absolute atomic E-state index is 12.9. The third-order valence-electron chi connectivity index (χ3n) is 2.18. The molecule has 7 nitrogen and oxygen atoms in total. The molecule has 0 saturated carbocycles. The van der Waals surface area contributed by atoms with Crippen molar-refractivity contribution >= 4 is 11.8 Å². The summed E-state index contributed by atoms with van der Waals surface area (Å²) >= 11 is 0. The molecule has 0 saturated heterocycles. The van der Waals surface area contributed by atoms with Crippen molar-refractivity contribution in [1.82, 2.24) is 19.7 Å². The number of carboxylic acids is 1. The van der Waals surface area contributed by atoms with E-state index in [1.54, 1.807) is 0 Å². The Morgan fingerprint density at radius 2 is 2.05 bits per heavy atom. The van der Waals surface area contributed by atoms with Crippen LogP contribution in [0.2, 0.25) is 0 Å². The number of rotatable bonds is 2. The molecule has 106 valence electrons. The van der Waals surface area contributed by atoms with Gasteiger partial charge >= 0.3 is 12.1 Å². The van der Waals surface area contributed by atoms with Crippen LogP contribution in [0.25, 0.3) is 5.95 Å². The number of aromatic nitrogens is 4. The fourth-order valence-electron chi connectivity index (χ4n) is 1.32. The zero-order valence-corrected chi connectivity index (χ0v) is 9.39. The van der Waals surface area contributed by atoms with Gasteiger partial charge in [-0.3, -0.25) is 0 Å². The van der Waals surface area contributed by atoms with Crippen LogP contribution in [0.15, 0.2) is 12.4 Å². The molecule has 0 amide bonds. The van der Waals surface area contributed by atoms with Crippen LogP contribution in [0.5, 0.6) is 0 Å². The van der Waals surface area contributed by atoms with Crippen LogP contribution >= 0.6 is 0 Å². The van der Waals surface area contributed by atoms with E-state index in [0.717, 1.165) is 0 Å². The van der Waals surface area contributed by atoms with E-state index in [0.29, 0.717) is 17.1 Å². The molecular formula is C9H5F4N5O2. The Balaban J connectivity index is 2.58. The van der Waals surface area contributed by atoms with Crippen molar-refractivity contribution in [3.63, 3.8) is 0 Å². The molecule has 0 radical (unpaired) electrons. The standard InChI is InChI=1S/C9H5F4N5O2/c10-4-1-15-8(16-6(4)14)18-2-3(7(19)20)5(17-18)9(11,12)13/h1-2H,(H,19,20)(H2,14,15,16). The molecule has 0 atom stereocenters. The Morgan fingerprint density at radius 3 is 2.50 bits per heavy atom. The molecule has 0 aliphatic carbocycles. The van der Waals surface area contributed by atoms with E-state index < -0.39 is 41.0 Å². The highest BCUT2D eigenvalue weighted by molar-refractivity contribution is 5.88. The molecule has 0 unspecified atom stereocenters. The minimum absolute atomic E-state index is 0.460. The normalized spacial score (nSPS) is 11.6. The van der Waals surface area contributed by atoms with Crippen LogP contribution in [0.4, 0.5) is 23.4 Å². The number of carbonyl (C=O) groups is 1. The van der Waals surface area contributed by atoms with E-state index >= 15 is 0 Å². The predicted octanol–water partition coefficient (Wildman–Crippen LogP) is 1.10. The Labute approximate surface area is 107 Å². The van der Waals surface area contributed by atoms with Crippen LogP contribution in [-0.2, 0) is 6.18 Å². The van der Waals surface area contributed by atoms with Crippen LogP contribution < -0.4 is 5.73 Å². The molecule has 2 heterocycles. The number of hydrogen-bond acceptors (Lipinski definition) is 5. The Bertz CT molecular complexity index is 681. The highest BCUT2D eigenvalue weighted by Crippen LogP contribution is 2.31. The second kappa shape index (κ2) is 4.43. The second-order valence-corrected chi connectivity index (χ2v) is 3.54. The van der Waals surface area contributed by atoms with Gasteiger partial charge in [-0.25, -0.2) is 18.9 Å². The fraction of sp³-hybridized carbons (Fsp3) is 0.111. The zero-order valence-electron chi connectivity index (χ0n) is 9.39. The Hall–Kier alpha value is -2.72. The van der Waals surface area contributed by atoms with Crippen molar-refractivity contribution in [3.8, 4) is 5.95 Å². The third-order valence-corrected chi connectivity index (χ3v) is 2.18. The Kier molecular flexibility index (Phi) is 3.04. The molecular weight excluding hydrogens is 286 g/mol. The lowest BCUT2D eigenvalue weighted by Gasteiger charge is -2.03. The van der Waals surface area contributed by atoms with Crippen LogP contribution in [0.3, 0.4) is 0 Å². The number of anilines is 1. The van der Waals surface area contributed by atoms with Crippen molar-refractivity contribution in [2.75, 3.05) is 5.73 Å². The largest absolute Gasteiger partial charge is 0.478 e. The average Bonchev–Trinajstić information content (AvgIpc) is 2.77. The molecule has 2 aromatic heterocycles. The third kappa shape index (κ3) is 2.37. The number of halogens is 4. The van der Waals surface area contributed by atoms with Gasteiger partial charge in [0, 0.05) is 6.20 Å². The molecule has 0 bridgehead atoms. The van der Waals surface area contributed by atoms with E-state index in [2.05, 4.69) is 15.1 Å². The van der Waals surface area contributed by atoms with Gasteiger partial charge in [-0.05, 0) is 0 Å². The second-order valence-electron chi connectivity index (χ2n) is 3.54. The number of alkyl halides is 3. The molecule has 3 N–H and O–H groups in total. The topological polar surface area (TPSA) is 107 Å². The molecule has 2 aromatic rings. The molecule has 0 aromatic carbocycles. The quantitative estimate of drug-likeness (QED) is 0.802. The fourth-order valence-corrected chi connectivity index (χ4v) is 1.32. The highest BCUT2D eigenvalue weighted by Gasteiger charge is 2.39. The molecule has 2 rings (SSSR count). The summed E-state index contributed by atoms with van der Waals surface area (Å²) in [7, 11) is 0. The molecule has 0 fully saturated rings. The van der Waals surface area contributed by atoms with Gasteiger partial charge in [0.1, 0.15) is 5.56 Å². The van der Waals surface area contributed by atoms with Gasteiger partial charge in [0.05, 0.1) is 6.20 Å². The molecule has 0 spiro atoms. The van der Waals surface area contributed by atoms with Gasteiger partial charge in [-0.15, -0.1) is 0 Å². The smallest absolute Gasteiger partial charge is 0.436 e. The molecule has 20 heavy (non-hydrogen) atoms. The first-order valence-corrected chi connectivity index (χ1v) is 4.88. The predicted molar refractivity (Wildman–Crippen MR) is 55.5 cm³/mol. The SMILES string of the molecule is Nc1nc(-n2cc(C(=O)O)c(C(F)(F)F)n2)ncc1F. The minimum atomic E-state index is -4.97. The van der Waals surface area contributed by atoms with E-state index in [-0.39, 0.29) is 0 Å². The number of aromatic carboxylic acids is 1. The summed E-state index contributed by atoms with van der Waals surface area (Å²) in [5.41, 5.74) is 2.45. The number of nitrogens with two attached hydrogens (primary N) is 1. The lowest BCUT2D eigenvalue weighted by atomic mass is 10.2. The van der Waals surface area contributed by atoms with Gasteiger partial charge in [0.15, 0.2) is 17.3 Å². The summed E-state index contributed by atoms with van der Waals surface area (Å²) in [6.07, 6.45) is -3.77. The first-order valence-electron chi connectivity index (χ1n) is 4.88. The number of nitrogens with zero attached hydrogens (tertiary/aromatic N) is 4. The van der Waals surface area contributed by atoms with Crippen molar-refractivity contribution in [3.05, 3.63) is 29.5 Å². The van der Waals surface area contributed by atoms with Gasteiger partial charge in [-0.2, -0.15) is 23.3 Å². The maximum Gasteiger partial charge on any atom is 0.436 e. The van der Waals surface area contributed by atoms with Crippen molar-refractivity contribution in [2.24, 2.45) is 0 Å². The summed E-state index contributed by atoms with van der Waals surface area (Å²) < 4.78 is 51.2. The molecule has 11 heteroatoms. The first-order chi connectivity index (χ1) is 9.20.